The smallest absolute Gasteiger partial charge is 0.253 e. The van der Waals surface area contributed by atoms with Crippen molar-refractivity contribution in [3.8, 4) is 11.3 Å². The molecule has 30 heavy (non-hydrogen) atoms. The van der Waals surface area contributed by atoms with Crippen molar-refractivity contribution in [3.63, 3.8) is 0 Å². The molecule has 0 spiro atoms. The number of hydrogen-bond donors (Lipinski definition) is 0. The van der Waals surface area contributed by atoms with Crippen LogP contribution in [-0.4, -0.2) is 75.7 Å². The van der Waals surface area contributed by atoms with Crippen molar-refractivity contribution in [2.45, 2.75) is 32.4 Å². The number of carbonyl (C=O) groups excluding carboxylic acids is 1. The summed E-state index contributed by atoms with van der Waals surface area (Å²) >= 11 is 0. The zero-order valence-electron chi connectivity index (χ0n) is 17.4. The second kappa shape index (κ2) is 9.49. The van der Waals surface area contributed by atoms with E-state index in [9.17, 15) is 9.59 Å². The Balaban J connectivity index is 1.28. The van der Waals surface area contributed by atoms with Crippen molar-refractivity contribution < 1.29 is 9.53 Å². The fourth-order valence-corrected chi connectivity index (χ4v) is 4.27. The maximum absolute atomic E-state index is 12.5. The van der Waals surface area contributed by atoms with Gasteiger partial charge in [-0.2, -0.15) is 0 Å². The van der Waals surface area contributed by atoms with Gasteiger partial charge in [-0.15, -0.1) is 0 Å². The molecule has 2 fully saturated rings. The van der Waals surface area contributed by atoms with Crippen LogP contribution in [-0.2, 0) is 16.1 Å². The molecule has 0 aliphatic carbocycles. The quantitative estimate of drug-likeness (QED) is 0.737. The first kappa shape index (κ1) is 20.7. The number of ether oxygens (including phenoxy) is 1. The highest BCUT2D eigenvalue weighted by Crippen LogP contribution is 2.20. The van der Waals surface area contributed by atoms with Crippen molar-refractivity contribution in [3.05, 3.63) is 47.3 Å². The third-order valence-electron chi connectivity index (χ3n) is 6.04. The predicted octanol–water partition coefficient (Wildman–Crippen LogP) is 1.26. The summed E-state index contributed by atoms with van der Waals surface area (Å²) in [7, 11) is 0. The lowest BCUT2D eigenvalue weighted by Gasteiger charge is -2.38. The SMILES string of the molecule is CC(=O)N1CCOC(CN2CCC(Cn3cnc(-c4cccnc4)cc3=O)CC2)C1. The van der Waals surface area contributed by atoms with Crippen LogP contribution in [0.4, 0.5) is 0 Å². The molecule has 2 aromatic heterocycles. The molecule has 2 saturated heterocycles. The van der Waals surface area contributed by atoms with Crippen molar-refractivity contribution in [1.29, 1.82) is 0 Å². The maximum Gasteiger partial charge on any atom is 0.253 e. The number of likely N-dealkylation sites (tertiary alicyclic amines) is 1. The fourth-order valence-electron chi connectivity index (χ4n) is 4.27. The van der Waals surface area contributed by atoms with E-state index in [1.54, 1.807) is 36.3 Å². The molecule has 160 valence electrons. The molecule has 4 rings (SSSR count). The van der Waals surface area contributed by atoms with Gasteiger partial charge in [-0.05, 0) is 44.0 Å². The van der Waals surface area contributed by atoms with E-state index in [0.717, 1.165) is 38.0 Å². The van der Waals surface area contributed by atoms with Crippen LogP contribution in [0.3, 0.4) is 0 Å². The summed E-state index contributed by atoms with van der Waals surface area (Å²) in [5, 5.41) is 0. The van der Waals surface area contributed by atoms with Crippen LogP contribution < -0.4 is 5.56 Å². The lowest BCUT2D eigenvalue weighted by molar-refractivity contribution is -0.137. The molecule has 1 amide bonds. The number of hydrogen-bond acceptors (Lipinski definition) is 6. The van der Waals surface area contributed by atoms with Crippen LogP contribution in [0.15, 0.2) is 41.7 Å². The van der Waals surface area contributed by atoms with E-state index in [1.165, 1.54) is 0 Å². The van der Waals surface area contributed by atoms with Crippen molar-refractivity contribution >= 4 is 5.91 Å². The van der Waals surface area contributed by atoms with Crippen LogP contribution in [0.2, 0.25) is 0 Å². The van der Waals surface area contributed by atoms with Gasteiger partial charge < -0.3 is 14.5 Å². The fraction of sp³-hybridized carbons (Fsp3) is 0.545. The number of nitrogens with zero attached hydrogens (tertiary/aromatic N) is 5. The van der Waals surface area contributed by atoms with Crippen LogP contribution in [0.5, 0.6) is 0 Å². The minimum absolute atomic E-state index is 0.0220. The summed E-state index contributed by atoms with van der Waals surface area (Å²) in [5.74, 6) is 0.585. The molecule has 2 aromatic rings. The van der Waals surface area contributed by atoms with Gasteiger partial charge in [0.2, 0.25) is 5.91 Å². The van der Waals surface area contributed by atoms with Crippen LogP contribution in [0.25, 0.3) is 11.3 Å². The van der Waals surface area contributed by atoms with E-state index >= 15 is 0 Å². The third-order valence-corrected chi connectivity index (χ3v) is 6.04. The summed E-state index contributed by atoms with van der Waals surface area (Å²) < 4.78 is 7.57. The molecular weight excluding hydrogens is 382 g/mol. The molecule has 8 nitrogen and oxygen atoms in total. The summed E-state index contributed by atoms with van der Waals surface area (Å²) in [6, 6.07) is 5.33. The Morgan fingerprint density at radius 3 is 2.77 bits per heavy atom. The minimum Gasteiger partial charge on any atom is -0.373 e. The lowest BCUT2D eigenvalue weighted by atomic mass is 9.96. The first-order valence-corrected chi connectivity index (χ1v) is 10.6. The molecule has 0 saturated carbocycles. The first-order chi connectivity index (χ1) is 14.6. The van der Waals surface area contributed by atoms with E-state index in [0.29, 0.717) is 37.9 Å². The van der Waals surface area contributed by atoms with Crippen LogP contribution in [0, 0.1) is 5.92 Å². The highest BCUT2D eigenvalue weighted by molar-refractivity contribution is 5.73. The van der Waals surface area contributed by atoms with Crippen molar-refractivity contribution in [2.24, 2.45) is 5.92 Å². The van der Waals surface area contributed by atoms with Crippen LogP contribution >= 0.6 is 0 Å². The molecule has 2 aliphatic heterocycles. The van der Waals surface area contributed by atoms with Crippen LogP contribution in [0.1, 0.15) is 19.8 Å². The molecule has 8 heteroatoms. The molecule has 0 bridgehead atoms. The number of amides is 1. The van der Waals surface area contributed by atoms with Gasteiger partial charge in [-0.1, -0.05) is 0 Å². The second-order valence-corrected chi connectivity index (χ2v) is 8.21. The third kappa shape index (κ3) is 5.12. The van der Waals surface area contributed by atoms with Gasteiger partial charge in [0.25, 0.3) is 5.56 Å². The van der Waals surface area contributed by atoms with Gasteiger partial charge in [-0.3, -0.25) is 19.1 Å². The molecule has 1 atom stereocenters. The average Bonchev–Trinajstić information content (AvgIpc) is 2.77. The van der Waals surface area contributed by atoms with Gasteiger partial charge >= 0.3 is 0 Å². The number of pyridine rings is 1. The lowest BCUT2D eigenvalue weighted by Crippen LogP contribution is -2.50. The Bertz CT molecular complexity index is 908. The Morgan fingerprint density at radius 1 is 1.23 bits per heavy atom. The summed E-state index contributed by atoms with van der Waals surface area (Å²) in [4.78, 5) is 37.0. The largest absolute Gasteiger partial charge is 0.373 e. The highest BCUT2D eigenvalue weighted by Gasteiger charge is 2.26. The van der Waals surface area contributed by atoms with Crippen molar-refractivity contribution in [2.75, 3.05) is 39.3 Å². The van der Waals surface area contributed by atoms with Gasteiger partial charge in [0.15, 0.2) is 0 Å². The summed E-state index contributed by atoms with van der Waals surface area (Å²) in [5.41, 5.74) is 1.49. The van der Waals surface area contributed by atoms with Gasteiger partial charge in [-0.25, -0.2) is 4.98 Å². The zero-order chi connectivity index (χ0) is 20.9. The Hall–Kier alpha value is -2.58. The molecule has 1 unspecified atom stereocenters. The first-order valence-electron chi connectivity index (χ1n) is 10.6. The second-order valence-electron chi connectivity index (χ2n) is 8.21. The molecule has 0 radical (unpaired) electrons. The van der Waals surface area contributed by atoms with E-state index in [-0.39, 0.29) is 17.6 Å². The Kier molecular flexibility index (Phi) is 6.54. The van der Waals surface area contributed by atoms with Crippen molar-refractivity contribution in [1.82, 2.24) is 24.3 Å². The molecule has 4 heterocycles. The van der Waals surface area contributed by atoms with E-state index in [4.69, 9.17) is 4.74 Å². The monoisotopic (exact) mass is 411 g/mol. The van der Waals surface area contributed by atoms with Gasteiger partial charge in [0, 0.05) is 57.1 Å². The summed E-state index contributed by atoms with van der Waals surface area (Å²) in [6.45, 7) is 7.14. The number of aromatic nitrogens is 3. The molecular formula is C22H29N5O3. The normalized spacial score (nSPS) is 21.0. The van der Waals surface area contributed by atoms with Gasteiger partial charge in [0.05, 0.1) is 24.7 Å². The zero-order valence-corrected chi connectivity index (χ0v) is 17.4. The number of carbonyl (C=O) groups is 1. The Morgan fingerprint density at radius 2 is 2.07 bits per heavy atom. The number of rotatable bonds is 5. The topological polar surface area (TPSA) is 80.6 Å². The molecule has 0 aromatic carbocycles. The minimum atomic E-state index is -0.0220. The maximum atomic E-state index is 12.5. The average molecular weight is 412 g/mol. The number of piperidine rings is 1. The highest BCUT2D eigenvalue weighted by atomic mass is 16.5. The van der Waals surface area contributed by atoms with Gasteiger partial charge in [0.1, 0.15) is 0 Å². The van der Waals surface area contributed by atoms with E-state index in [1.807, 2.05) is 17.0 Å². The summed E-state index contributed by atoms with van der Waals surface area (Å²) in [6.07, 6.45) is 7.25. The number of morpholine rings is 1. The molecule has 0 N–H and O–H groups in total. The predicted molar refractivity (Wildman–Crippen MR) is 113 cm³/mol. The van der Waals surface area contributed by atoms with E-state index < -0.39 is 0 Å². The van der Waals surface area contributed by atoms with E-state index in [2.05, 4.69) is 14.9 Å². The molecule has 2 aliphatic rings. The Labute approximate surface area is 176 Å². The standard InChI is InChI=1S/C22H29N5O3/c1-17(28)26-9-10-30-20(15-26)14-25-7-4-18(5-8-25)13-27-16-24-21(11-22(27)29)19-3-2-6-23-12-19/h2-3,6,11-12,16,18,20H,4-5,7-10,13-15H2,1H3.